The predicted molar refractivity (Wildman–Crippen MR) is 61.4 cm³/mol. The van der Waals surface area contributed by atoms with Crippen LogP contribution in [0.2, 0.25) is 0 Å². The maximum Gasteiger partial charge on any atom is 0.208 e. The van der Waals surface area contributed by atoms with Crippen molar-refractivity contribution in [3.8, 4) is 0 Å². The van der Waals surface area contributed by atoms with Gasteiger partial charge in [0, 0.05) is 6.07 Å². The number of thiocarbonyl (C=S) groups is 1. The minimum absolute atomic E-state index is 0.0779. The lowest BCUT2D eigenvalue weighted by Crippen LogP contribution is -2.12. The van der Waals surface area contributed by atoms with E-state index in [1.807, 2.05) is 0 Å². The van der Waals surface area contributed by atoms with Crippen molar-refractivity contribution in [2.75, 3.05) is 0 Å². The fourth-order valence-electron chi connectivity index (χ4n) is 1.37. The zero-order chi connectivity index (χ0) is 12.4. The van der Waals surface area contributed by atoms with Crippen LogP contribution in [-0.2, 0) is 6.54 Å². The van der Waals surface area contributed by atoms with Crippen LogP contribution in [0.1, 0.15) is 11.4 Å². The van der Waals surface area contributed by atoms with Crippen molar-refractivity contribution in [3.63, 3.8) is 0 Å². The topological polar surface area (TPSA) is 56.7 Å². The van der Waals surface area contributed by atoms with Gasteiger partial charge in [-0.2, -0.15) is 0 Å². The van der Waals surface area contributed by atoms with Gasteiger partial charge in [-0.25, -0.2) is 18.4 Å². The molecular formula is C10H8F2N4S. The summed E-state index contributed by atoms with van der Waals surface area (Å²) in [5.41, 5.74) is 5.79. The van der Waals surface area contributed by atoms with E-state index in [0.717, 1.165) is 6.07 Å². The standard InChI is InChI=1S/C10H8F2N4S/c11-7-1-6(2-8(12)3-7)4-16-5-14-10(15-16)9(13)17/h1-3,5H,4H2,(H2,13,17). The van der Waals surface area contributed by atoms with E-state index in [4.69, 9.17) is 18.0 Å². The Morgan fingerprint density at radius 2 is 1.94 bits per heavy atom. The number of nitrogens with zero attached hydrogens (tertiary/aromatic N) is 3. The summed E-state index contributed by atoms with van der Waals surface area (Å²) in [4.78, 5) is 3.93. The molecule has 0 saturated heterocycles. The first-order valence-electron chi connectivity index (χ1n) is 4.69. The third kappa shape index (κ3) is 2.82. The third-order valence-corrected chi connectivity index (χ3v) is 2.21. The van der Waals surface area contributed by atoms with E-state index in [2.05, 4.69) is 10.1 Å². The Morgan fingerprint density at radius 1 is 1.29 bits per heavy atom. The Morgan fingerprint density at radius 3 is 2.47 bits per heavy atom. The minimum atomic E-state index is -0.630. The highest BCUT2D eigenvalue weighted by Crippen LogP contribution is 2.09. The average molecular weight is 254 g/mol. The molecule has 0 unspecified atom stereocenters. The first kappa shape index (κ1) is 11.6. The normalized spacial score (nSPS) is 10.5. The molecule has 17 heavy (non-hydrogen) atoms. The van der Waals surface area contributed by atoms with E-state index in [1.165, 1.54) is 23.1 Å². The Kier molecular flexibility index (Phi) is 3.10. The lowest BCUT2D eigenvalue weighted by atomic mass is 10.2. The maximum absolute atomic E-state index is 12.9. The molecule has 0 atom stereocenters. The molecule has 0 aliphatic rings. The van der Waals surface area contributed by atoms with Crippen LogP contribution in [0.5, 0.6) is 0 Å². The molecule has 0 spiro atoms. The largest absolute Gasteiger partial charge is 0.387 e. The van der Waals surface area contributed by atoms with E-state index in [9.17, 15) is 8.78 Å². The summed E-state index contributed by atoms with van der Waals surface area (Å²) >= 11 is 4.70. The number of nitrogens with two attached hydrogens (primary N) is 1. The van der Waals surface area contributed by atoms with Crippen LogP contribution in [0.25, 0.3) is 0 Å². The van der Waals surface area contributed by atoms with Crippen LogP contribution >= 0.6 is 12.2 Å². The number of hydrogen-bond donors (Lipinski definition) is 1. The predicted octanol–water partition coefficient (Wildman–Crippen LogP) is 1.24. The van der Waals surface area contributed by atoms with Gasteiger partial charge in [-0.1, -0.05) is 12.2 Å². The second-order valence-corrected chi connectivity index (χ2v) is 3.85. The lowest BCUT2D eigenvalue weighted by molar-refractivity contribution is 0.574. The molecule has 0 radical (unpaired) electrons. The minimum Gasteiger partial charge on any atom is -0.387 e. The van der Waals surface area contributed by atoms with E-state index in [-0.39, 0.29) is 17.4 Å². The van der Waals surface area contributed by atoms with Gasteiger partial charge in [0.1, 0.15) is 23.0 Å². The number of halogens is 2. The van der Waals surface area contributed by atoms with E-state index in [1.54, 1.807) is 0 Å². The SMILES string of the molecule is NC(=S)c1ncn(Cc2cc(F)cc(F)c2)n1. The van der Waals surface area contributed by atoms with Crippen LogP contribution in [0.3, 0.4) is 0 Å². The molecule has 0 bridgehead atoms. The Balaban J connectivity index is 2.22. The molecule has 0 saturated carbocycles. The van der Waals surface area contributed by atoms with Gasteiger partial charge < -0.3 is 5.73 Å². The van der Waals surface area contributed by atoms with Crippen LogP contribution in [0, 0.1) is 11.6 Å². The van der Waals surface area contributed by atoms with Crippen molar-refractivity contribution in [1.82, 2.24) is 14.8 Å². The molecule has 1 aromatic carbocycles. The molecule has 88 valence electrons. The van der Waals surface area contributed by atoms with Crippen molar-refractivity contribution >= 4 is 17.2 Å². The molecule has 2 N–H and O–H groups in total. The average Bonchev–Trinajstić information content (AvgIpc) is 2.64. The summed E-state index contributed by atoms with van der Waals surface area (Å²) < 4.78 is 27.3. The van der Waals surface area contributed by atoms with E-state index in [0.29, 0.717) is 5.56 Å². The monoisotopic (exact) mass is 254 g/mol. The number of rotatable bonds is 3. The van der Waals surface area contributed by atoms with Crippen molar-refractivity contribution in [2.45, 2.75) is 6.54 Å². The maximum atomic E-state index is 12.9. The second kappa shape index (κ2) is 4.54. The van der Waals surface area contributed by atoms with Gasteiger partial charge in [0.05, 0.1) is 6.54 Å². The Hall–Kier alpha value is -1.89. The first-order valence-corrected chi connectivity index (χ1v) is 5.09. The highest BCUT2D eigenvalue weighted by Gasteiger charge is 2.05. The van der Waals surface area contributed by atoms with Gasteiger partial charge in [-0.3, -0.25) is 0 Å². The summed E-state index contributed by atoms with van der Waals surface area (Å²) in [6, 6.07) is 3.27. The van der Waals surface area contributed by atoms with Crippen LogP contribution in [0.4, 0.5) is 8.78 Å². The molecular weight excluding hydrogens is 246 g/mol. The van der Waals surface area contributed by atoms with Gasteiger partial charge >= 0.3 is 0 Å². The quantitative estimate of drug-likeness (QED) is 0.837. The van der Waals surface area contributed by atoms with Gasteiger partial charge in [0.2, 0.25) is 5.82 Å². The van der Waals surface area contributed by atoms with Crippen molar-refractivity contribution < 1.29 is 8.78 Å². The Bertz CT molecular complexity index is 547. The molecule has 1 aromatic heterocycles. The molecule has 0 amide bonds. The number of hydrogen-bond acceptors (Lipinski definition) is 3. The van der Waals surface area contributed by atoms with Gasteiger partial charge in [-0.05, 0) is 17.7 Å². The summed E-state index contributed by atoms with van der Waals surface area (Å²) in [6.07, 6.45) is 1.40. The summed E-state index contributed by atoms with van der Waals surface area (Å²) in [7, 11) is 0. The summed E-state index contributed by atoms with van der Waals surface area (Å²) in [5.74, 6) is -1.03. The lowest BCUT2D eigenvalue weighted by Gasteiger charge is -2.01. The molecule has 0 fully saturated rings. The fraction of sp³-hybridized carbons (Fsp3) is 0.100. The third-order valence-electron chi connectivity index (χ3n) is 2.02. The Labute approximate surface area is 101 Å². The first-order chi connectivity index (χ1) is 8.04. The second-order valence-electron chi connectivity index (χ2n) is 3.41. The van der Waals surface area contributed by atoms with Crippen LogP contribution < -0.4 is 5.73 Å². The van der Waals surface area contributed by atoms with Crippen molar-refractivity contribution in [3.05, 3.63) is 47.5 Å². The van der Waals surface area contributed by atoms with Gasteiger partial charge in [0.15, 0.2) is 0 Å². The molecule has 4 nitrogen and oxygen atoms in total. The van der Waals surface area contributed by atoms with Gasteiger partial charge in [0.25, 0.3) is 0 Å². The summed E-state index contributed by atoms with van der Waals surface area (Å²) in [5, 5.41) is 3.96. The van der Waals surface area contributed by atoms with Crippen LogP contribution in [-0.4, -0.2) is 19.8 Å². The van der Waals surface area contributed by atoms with Crippen molar-refractivity contribution in [1.29, 1.82) is 0 Å². The molecule has 2 rings (SSSR count). The molecule has 0 aliphatic heterocycles. The molecule has 2 aromatic rings. The zero-order valence-electron chi connectivity index (χ0n) is 8.60. The highest BCUT2D eigenvalue weighted by atomic mass is 32.1. The van der Waals surface area contributed by atoms with Gasteiger partial charge in [-0.15, -0.1) is 5.10 Å². The number of benzene rings is 1. The van der Waals surface area contributed by atoms with E-state index < -0.39 is 11.6 Å². The molecule has 0 aliphatic carbocycles. The zero-order valence-corrected chi connectivity index (χ0v) is 9.42. The summed E-state index contributed by atoms with van der Waals surface area (Å²) in [6.45, 7) is 0.199. The van der Waals surface area contributed by atoms with Crippen LogP contribution in [0.15, 0.2) is 24.5 Å². The number of aromatic nitrogens is 3. The molecule has 7 heteroatoms. The van der Waals surface area contributed by atoms with Crippen molar-refractivity contribution in [2.24, 2.45) is 5.73 Å². The highest BCUT2D eigenvalue weighted by molar-refractivity contribution is 7.80. The van der Waals surface area contributed by atoms with E-state index >= 15 is 0 Å². The molecule has 1 heterocycles. The smallest absolute Gasteiger partial charge is 0.208 e. The fourth-order valence-corrected chi connectivity index (χ4v) is 1.47.